The van der Waals surface area contributed by atoms with Gasteiger partial charge in [-0.3, -0.25) is 0 Å². The molecule has 6 heteroatoms. The van der Waals surface area contributed by atoms with E-state index in [9.17, 15) is 4.79 Å². The predicted molar refractivity (Wildman–Crippen MR) is 72.7 cm³/mol. The molecule has 0 spiro atoms. The third-order valence-corrected chi connectivity index (χ3v) is 2.81. The SMILES string of the molecule is CC(C)(C)NC(=O)OC1CC(Oc2ccc(O)cn2)C1. The molecule has 0 saturated heterocycles. The van der Waals surface area contributed by atoms with Crippen molar-refractivity contribution in [2.75, 3.05) is 0 Å². The van der Waals surface area contributed by atoms with Gasteiger partial charge in [-0.15, -0.1) is 0 Å². The van der Waals surface area contributed by atoms with Gasteiger partial charge in [0, 0.05) is 24.4 Å². The molecule has 20 heavy (non-hydrogen) atoms. The van der Waals surface area contributed by atoms with Crippen molar-refractivity contribution in [2.45, 2.75) is 51.4 Å². The standard InChI is InChI=1S/C14H20N2O4/c1-14(2,3)16-13(18)20-11-6-10(7-11)19-12-5-4-9(17)8-15-12/h4-5,8,10-11,17H,6-7H2,1-3H3,(H,16,18). The molecular formula is C14H20N2O4. The fourth-order valence-electron chi connectivity index (χ4n) is 1.81. The number of carbonyl (C=O) groups is 1. The average molecular weight is 280 g/mol. The first-order valence-corrected chi connectivity index (χ1v) is 6.62. The number of nitrogens with one attached hydrogen (secondary N) is 1. The Morgan fingerprint density at radius 1 is 1.35 bits per heavy atom. The monoisotopic (exact) mass is 280 g/mol. The van der Waals surface area contributed by atoms with Crippen LogP contribution >= 0.6 is 0 Å². The number of hydrogen-bond donors (Lipinski definition) is 2. The molecule has 6 nitrogen and oxygen atoms in total. The first-order chi connectivity index (χ1) is 9.32. The average Bonchev–Trinajstić information content (AvgIpc) is 2.26. The van der Waals surface area contributed by atoms with E-state index in [1.165, 1.54) is 12.3 Å². The van der Waals surface area contributed by atoms with E-state index in [0.29, 0.717) is 18.7 Å². The zero-order valence-corrected chi connectivity index (χ0v) is 11.9. The van der Waals surface area contributed by atoms with Gasteiger partial charge in [0.25, 0.3) is 0 Å². The smallest absolute Gasteiger partial charge is 0.407 e. The highest BCUT2D eigenvalue weighted by Gasteiger charge is 2.34. The van der Waals surface area contributed by atoms with E-state index in [-0.39, 0.29) is 23.5 Å². The Hall–Kier alpha value is -1.98. The Labute approximate surface area is 118 Å². The van der Waals surface area contributed by atoms with Crippen LogP contribution in [0.1, 0.15) is 33.6 Å². The third-order valence-electron chi connectivity index (χ3n) is 2.81. The predicted octanol–water partition coefficient (Wildman–Crippen LogP) is 2.22. The number of rotatable bonds is 3. The maximum Gasteiger partial charge on any atom is 0.407 e. The highest BCUT2D eigenvalue weighted by molar-refractivity contribution is 5.68. The molecule has 0 atom stereocenters. The Balaban J connectivity index is 1.70. The van der Waals surface area contributed by atoms with Crippen molar-refractivity contribution in [1.82, 2.24) is 10.3 Å². The van der Waals surface area contributed by atoms with Crippen LogP contribution in [0.3, 0.4) is 0 Å². The number of aromatic nitrogens is 1. The second-order valence-electron chi connectivity index (χ2n) is 5.97. The molecule has 0 aromatic carbocycles. The maximum absolute atomic E-state index is 11.6. The zero-order valence-electron chi connectivity index (χ0n) is 11.9. The van der Waals surface area contributed by atoms with E-state index >= 15 is 0 Å². The van der Waals surface area contributed by atoms with E-state index in [1.807, 2.05) is 20.8 Å². The molecule has 1 amide bonds. The number of nitrogens with zero attached hydrogens (tertiary/aromatic N) is 1. The van der Waals surface area contributed by atoms with Crippen LogP contribution in [0.4, 0.5) is 4.79 Å². The molecule has 0 bridgehead atoms. The number of hydrogen-bond acceptors (Lipinski definition) is 5. The summed E-state index contributed by atoms with van der Waals surface area (Å²) in [6.45, 7) is 5.70. The first-order valence-electron chi connectivity index (χ1n) is 6.62. The lowest BCUT2D eigenvalue weighted by Crippen LogP contribution is -2.46. The second-order valence-corrected chi connectivity index (χ2v) is 5.97. The summed E-state index contributed by atoms with van der Waals surface area (Å²) in [6.07, 6.45) is 2.13. The van der Waals surface area contributed by atoms with Gasteiger partial charge in [-0.05, 0) is 26.8 Å². The van der Waals surface area contributed by atoms with Crippen molar-refractivity contribution < 1.29 is 19.4 Å². The third kappa shape index (κ3) is 4.29. The maximum atomic E-state index is 11.6. The Morgan fingerprint density at radius 2 is 2.05 bits per heavy atom. The summed E-state index contributed by atoms with van der Waals surface area (Å²) in [5, 5.41) is 11.9. The zero-order chi connectivity index (χ0) is 14.8. The van der Waals surface area contributed by atoms with Crippen molar-refractivity contribution in [3.63, 3.8) is 0 Å². The highest BCUT2D eigenvalue weighted by Crippen LogP contribution is 2.28. The van der Waals surface area contributed by atoms with Crippen LogP contribution < -0.4 is 10.1 Å². The van der Waals surface area contributed by atoms with Gasteiger partial charge in [0.2, 0.25) is 5.88 Å². The van der Waals surface area contributed by atoms with Crippen LogP contribution in [0.25, 0.3) is 0 Å². The van der Waals surface area contributed by atoms with E-state index in [2.05, 4.69) is 10.3 Å². The van der Waals surface area contributed by atoms with Crippen LogP contribution in [0.5, 0.6) is 11.6 Å². The van der Waals surface area contributed by atoms with Crippen LogP contribution in [-0.2, 0) is 4.74 Å². The molecule has 1 saturated carbocycles. The number of aromatic hydroxyl groups is 1. The molecule has 1 aliphatic carbocycles. The van der Waals surface area contributed by atoms with Gasteiger partial charge in [-0.1, -0.05) is 0 Å². The van der Waals surface area contributed by atoms with Crippen molar-refractivity contribution in [2.24, 2.45) is 0 Å². The lowest BCUT2D eigenvalue weighted by atomic mass is 9.92. The van der Waals surface area contributed by atoms with Gasteiger partial charge in [0.05, 0.1) is 6.20 Å². The van der Waals surface area contributed by atoms with E-state index < -0.39 is 6.09 Å². The molecule has 1 fully saturated rings. The summed E-state index contributed by atoms with van der Waals surface area (Å²) in [5.41, 5.74) is -0.299. The molecule has 110 valence electrons. The number of amides is 1. The van der Waals surface area contributed by atoms with Crippen molar-refractivity contribution >= 4 is 6.09 Å². The van der Waals surface area contributed by atoms with Crippen molar-refractivity contribution in [1.29, 1.82) is 0 Å². The molecule has 1 aromatic rings. The number of ether oxygens (including phenoxy) is 2. The minimum atomic E-state index is -0.399. The number of alkyl carbamates (subject to hydrolysis) is 1. The minimum absolute atomic E-state index is 0.000482. The molecular weight excluding hydrogens is 260 g/mol. The lowest BCUT2D eigenvalue weighted by Gasteiger charge is -2.35. The fraction of sp³-hybridized carbons (Fsp3) is 0.571. The Kier molecular flexibility index (Phi) is 4.01. The van der Waals surface area contributed by atoms with Gasteiger partial charge in [-0.25, -0.2) is 9.78 Å². The van der Waals surface area contributed by atoms with E-state index in [1.54, 1.807) is 6.07 Å². The topological polar surface area (TPSA) is 80.7 Å². The van der Waals surface area contributed by atoms with Gasteiger partial charge >= 0.3 is 6.09 Å². The summed E-state index contributed by atoms with van der Waals surface area (Å²) < 4.78 is 10.8. The van der Waals surface area contributed by atoms with Crippen LogP contribution in [0, 0.1) is 0 Å². The van der Waals surface area contributed by atoms with Crippen molar-refractivity contribution in [3.8, 4) is 11.6 Å². The summed E-state index contributed by atoms with van der Waals surface area (Å²) in [5.74, 6) is 0.566. The summed E-state index contributed by atoms with van der Waals surface area (Å²) >= 11 is 0. The molecule has 2 rings (SSSR count). The molecule has 1 heterocycles. The summed E-state index contributed by atoms with van der Waals surface area (Å²) in [6, 6.07) is 3.13. The fourth-order valence-corrected chi connectivity index (χ4v) is 1.81. The number of pyridine rings is 1. The first kappa shape index (κ1) is 14.4. The summed E-state index contributed by atoms with van der Waals surface area (Å²) in [4.78, 5) is 15.5. The minimum Gasteiger partial charge on any atom is -0.506 e. The van der Waals surface area contributed by atoms with Crippen molar-refractivity contribution in [3.05, 3.63) is 18.3 Å². The molecule has 0 aliphatic heterocycles. The molecule has 0 radical (unpaired) electrons. The lowest BCUT2D eigenvalue weighted by molar-refractivity contribution is -0.0260. The van der Waals surface area contributed by atoms with E-state index in [0.717, 1.165) is 0 Å². The highest BCUT2D eigenvalue weighted by atomic mass is 16.6. The van der Waals surface area contributed by atoms with Gasteiger partial charge in [0.15, 0.2) is 0 Å². The van der Waals surface area contributed by atoms with Crippen LogP contribution in [0.15, 0.2) is 18.3 Å². The van der Waals surface area contributed by atoms with Gasteiger partial charge in [0.1, 0.15) is 18.0 Å². The Morgan fingerprint density at radius 3 is 2.60 bits per heavy atom. The molecule has 1 aliphatic rings. The van der Waals surface area contributed by atoms with Gasteiger partial charge < -0.3 is 19.9 Å². The second kappa shape index (κ2) is 5.56. The molecule has 0 unspecified atom stereocenters. The molecule has 2 N–H and O–H groups in total. The number of carbonyl (C=O) groups excluding carboxylic acids is 1. The van der Waals surface area contributed by atoms with E-state index in [4.69, 9.17) is 14.6 Å². The molecule has 1 aromatic heterocycles. The Bertz CT molecular complexity index is 461. The van der Waals surface area contributed by atoms with Gasteiger partial charge in [-0.2, -0.15) is 0 Å². The normalized spacial score (nSPS) is 21.8. The quantitative estimate of drug-likeness (QED) is 0.887. The van der Waals surface area contributed by atoms with Crippen LogP contribution in [0.2, 0.25) is 0 Å². The van der Waals surface area contributed by atoms with Crippen LogP contribution in [-0.4, -0.2) is 33.9 Å². The largest absolute Gasteiger partial charge is 0.506 e. The summed E-state index contributed by atoms with van der Waals surface area (Å²) in [7, 11) is 0.